The molecule has 3 heterocycles. The summed E-state index contributed by atoms with van der Waals surface area (Å²) in [4.78, 5) is 15.8. The van der Waals surface area contributed by atoms with Crippen LogP contribution in [-0.2, 0) is 0 Å². The maximum atomic E-state index is 4.49. The third-order valence-corrected chi connectivity index (χ3v) is 3.63. The van der Waals surface area contributed by atoms with Crippen molar-refractivity contribution in [2.45, 2.75) is 25.8 Å². The normalized spacial score (nSPS) is 13.2. The Bertz CT molecular complexity index is 754. The molecule has 108 valence electrons. The number of fused-ring (bicyclic) bond motifs is 1. The molecule has 6 nitrogen and oxygen atoms in total. The number of nitrogens with one attached hydrogen (secondary N) is 1. The number of rotatable bonds is 5. The van der Waals surface area contributed by atoms with Crippen molar-refractivity contribution in [3.05, 3.63) is 31.0 Å². The van der Waals surface area contributed by atoms with Crippen molar-refractivity contribution >= 4 is 17.2 Å². The Morgan fingerprint density at radius 3 is 3.14 bits per heavy atom. The number of H-pyrrole nitrogens is 1. The molecule has 0 spiro atoms. The average Bonchev–Trinajstić information content (AvgIpc) is 3.16. The molecule has 0 saturated carbocycles. The Labute approximate surface area is 123 Å². The molecule has 1 atom stereocenters. The summed E-state index contributed by atoms with van der Waals surface area (Å²) in [5.74, 6) is 0. The quantitative estimate of drug-likeness (QED) is 0.731. The lowest BCUT2D eigenvalue weighted by atomic mass is 10.1. The molecule has 3 aromatic heterocycles. The molecule has 0 aliphatic heterocycles. The van der Waals surface area contributed by atoms with Crippen LogP contribution in [0.3, 0.4) is 0 Å². The number of aromatic nitrogens is 5. The van der Waals surface area contributed by atoms with Gasteiger partial charge in [0.25, 0.3) is 0 Å². The predicted octanol–water partition coefficient (Wildman–Crippen LogP) is 2.86. The van der Waals surface area contributed by atoms with Crippen LogP contribution in [0.15, 0.2) is 36.0 Å². The molecule has 0 amide bonds. The van der Waals surface area contributed by atoms with Gasteiger partial charge in [0.1, 0.15) is 12.0 Å². The van der Waals surface area contributed by atoms with E-state index in [1.807, 2.05) is 35.6 Å². The van der Waals surface area contributed by atoms with Gasteiger partial charge in [0.2, 0.25) is 0 Å². The molecule has 0 bridgehead atoms. The van der Waals surface area contributed by atoms with Gasteiger partial charge < -0.3 is 9.98 Å². The van der Waals surface area contributed by atoms with Gasteiger partial charge >= 0.3 is 0 Å². The van der Waals surface area contributed by atoms with Gasteiger partial charge in [-0.3, -0.25) is 4.68 Å². The van der Waals surface area contributed by atoms with E-state index in [1.165, 1.54) is 0 Å². The van der Waals surface area contributed by atoms with Crippen LogP contribution >= 0.6 is 0 Å². The Morgan fingerprint density at radius 2 is 2.33 bits per heavy atom. The second kappa shape index (κ2) is 5.87. The number of aromatic amines is 1. The van der Waals surface area contributed by atoms with E-state index in [0.717, 1.165) is 35.1 Å². The summed E-state index contributed by atoms with van der Waals surface area (Å²) in [6.45, 7) is 2.16. The molecular formula is C15H18N6. The highest BCUT2D eigenvalue weighted by Gasteiger charge is 2.13. The summed E-state index contributed by atoms with van der Waals surface area (Å²) in [6.07, 6.45) is 11.2. The molecule has 0 aliphatic carbocycles. The zero-order valence-corrected chi connectivity index (χ0v) is 12.2. The second-order valence-electron chi connectivity index (χ2n) is 4.91. The summed E-state index contributed by atoms with van der Waals surface area (Å²) in [7, 11) is 1.80. The van der Waals surface area contributed by atoms with Crippen LogP contribution in [0.1, 0.15) is 25.8 Å². The number of aliphatic imine (C=N–C) groups is 1. The first-order valence-corrected chi connectivity index (χ1v) is 7.06. The lowest BCUT2D eigenvalue weighted by molar-refractivity contribution is 0.457. The van der Waals surface area contributed by atoms with Crippen LogP contribution in [0.2, 0.25) is 0 Å². The molecule has 0 fully saturated rings. The van der Waals surface area contributed by atoms with Gasteiger partial charge in [-0.25, -0.2) is 9.97 Å². The summed E-state index contributed by atoms with van der Waals surface area (Å²) >= 11 is 0. The Kier molecular flexibility index (Phi) is 3.77. The first kappa shape index (κ1) is 13.5. The molecule has 1 N–H and O–H groups in total. The molecule has 3 aromatic rings. The van der Waals surface area contributed by atoms with Gasteiger partial charge in [0, 0.05) is 43.0 Å². The van der Waals surface area contributed by atoms with Gasteiger partial charge in [-0.1, -0.05) is 6.92 Å². The van der Waals surface area contributed by atoms with Crippen LogP contribution in [0.25, 0.3) is 22.3 Å². The van der Waals surface area contributed by atoms with Crippen molar-refractivity contribution in [3.63, 3.8) is 0 Å². The standard InChI is InChI=1S/C15H18N6/c1-3-12(4-6-16-2)21-9-11(8-20-21)14-13-5-7-17-15(13)19-10-18-14/h5-10,12H,3-4H2,1-2H3,(H,17,18,19)/b16-6+. The van der Waals surface area contributed by atoms with E-state index in [4.69, 9.17) is 0 Å². The monoisotopic (exact) mass is 282 g/mol. The highest BCUT2D eigenvalue weighted by atomic mass is 15.3. The number of hydrogen-bond acceptors (Lipinski definition) is 4. The molecule has 0 radical (unpaired) electrons. The zero-order valence-electron chi connectivity index (χ0n) is 12.2. The van der Waals surface area contributed by atoms with Crippen LogP contribution in [-0.4, -0.2) is 38.0 Å². The lowest BCUT2D eigenvalue weighted by Crippen LogP contribution is -2.08. The summed E-state index contributed by atoms with van der Waals surface area (Å²) < 4.78 is 2.00. The Morgan fingerprint density at radius 1 is 1.43 bits per heavy atom. The minimum absolute atomic E-state index is 0.325. The van der Waals surface area contributed by atoms with Crippen molar-refractivity contribution < 1.29 is 0 Å². The zero-order chi connectivity index (χ0) is 14.7. The van der Waals surface area contributed by atoms with E-state index < -0.39 is 0 Å². The second-order valence-corrected chi connectivity index (χ2v) is 4.91. The summed E-state index contributed by atoms with van der Waals surface area (Å²) in [5.41, 5.74) is 2.76. The highest BCUT2D eigenvalue weighted by Crippen LogP contribution is 2.25. The maximum Gasteiger partial charge on any atom is 0.141 e. The minimum atomic E-state index is 0.325. The molecule has 0 aliphatic rings. The average molecular weight is 282 g/mol. The molecule has 0 saturated heterocycles. The molecule has 3 rings (SSSR count). The summed E-state index contributed by atoms with van der Waals surface area (Å²) in [6, 6.07) is 2.31. The molecular weight excluding hydrogens is 264 g/mol. The van der Waals surface area contributed by atoms with Crippen molar-refractivity contribution in [1.29, 1.82) is 0 Å². The van der Waals surface area contributed by atoms with Crippen LogP contribution in [0.4, 0.5) is 0 Å². The maximum absolute atomic E-state index is 4.49. The van der Waals surface area contributed by atoms with E-state index in [0.29, 0.717) is 6.04 Å². The molecule has 21 heavy (non-hydrogen) atoms. The fraction of sp³-hybridized carbons (Fsp3) is 0.333. The first-order chi connectivity index (χ1) is 10.3. The van der Waals surface area contributed by atoms with Gasteiger partial charge in [0.05, 0.1) is 17.9 Å². The Balaban J connectivity index is 1.96. The fourth-order valence-electron chi connectivity index (χ4n) is 2.45. The van der Waals surface area contributed by atoms with Gasteiger partial charge in [-0.05, 0) is 12.5 Å². The van der Waals surface area contributed by atoms with Crippen molar-refractivity contribution in [2.75, 3.05) is 7.05 Å². The third kappa shape index (κ3) is 2.56. The number of hydrogen-bond donors (Lipinski definition) is 1. The van der Waals surface area contributed by atoms with Gasteiger partial charge in [0.15, 0.2) is 0 Å². The minimum Gasteiger partial charge on any atom is -0.346 e. The van der Waals surface area contributed by atoms with Crippen molar-refractivity contribution in [2.24, 2.45) is 4.99 Å². The molecule has 0 aromatic carbocycles. The smallest absolute Gasteiger partial charge is 0.141 e. The van der Waals surface area contributed by atoms with Gasteiger partial charge in [-0.15, -0.1) is 0 Å². The molecule has 6 heteroatoms. The first-order valence-electron chi connectivity index (χ1n) is 7.06. The molecule has 1 unspecified atom stereocenters. The van der Waals surface area contributed by atoms with Crippen molar-refractivity contribution in [3.8, 4) is 11.3 Å². The fourth-order valence-corrected chi connectivity index (χ4v) is 2.45. The van der Waals surface area contributed by atoms with E-state index in [2.05, 4.69) is 32.0 Å². The Hall–Kier alpha value is -2.50. The summed E-state index contributed by atoms with van der Waals surface area (Å²) in [5, 5.41) is 5.51. The van der Waals surface area contributed by atoms with E-state index in [1.54, 1.807) is 13.4 Å². The van der Waals surface area contributed by atoms with Gasteiger partial charge in [-0.2, -0.15) is 5.10 Å². The van der Waals surface area contributed by atoms with Crippen molar-refractivity contribution in [1.82, 2.24) is 24.7 Å². The largest absolute Gasteiger partial charge is 0.346 e. The third-order valence-electron chi connectivity index (χ3n) is 3.63. The van der Waals surface area contributed by atoms with E-state index in [-0.39, 0.29) is 0 Å². The van der Waals surface area contributed by atoms with E-state index in [9.17, 15) is 0 Å². The highest BCUT2D eigenvalue weighted by molar-refractivity contribution is 5.89. The topological polar surface area (TPSA) is 71.8 Å². The van der Waals surface area contributed by atoms with Crippen LogP contribution < -0.4 is 0 Å². The number of nitrogens with zero attached hydrogens (tertiary/aromatic N) is 5. The van der Waals surface area contributed by atoms with Crippen LogP contribution in [0, 0.1) is 0 Å². The van der Waals surface area contributed by atoms with E-state index >= 15 is 0 Å². The predicted molar refractivity (Wildman–Crippen MR) is 83.5 cm³/mol. The van der Waals surface area contributed by atoms with Crippen LogP contribution in [0.5, 0.6) is 0 Å². The lowest BCUT2D eigenvalue weighted by Gasteiger charge is -2.12. The SMILES string of the molecule is CCC(C/C=N/C)n1cc(-c2ncnc3[nH]ccc23)cn1.